The molecule has 1 fully saturated rings. The zero-order chi connectivity index (χ0) is 26.9. The highest BCUT2D eigenvalue weighted by molar-refractivity contribution is 5.79. The van der Waals surface area contributed by atoms with Gasteiger partial charge in [-0.15, -0.1) is 0 Å². The summed E-state index contributed by atoms with van der Waals surface area (Å²) in [6.45, 7) is 0.897. The van der Waals surface area contributed by atoms with Crippen molar-refractivity contribution in [3.05, 3.63) is 86.6 Å². The summed E-state index contributed by atoms with van der Waals surface area (Å²) < 4.78 is 88.1. The molecule has 0 spiro atoms. The van der Waals surface area contributed by atoms with Gasteiger partial charge in [0, 0.05) is 41.4 Å². The first-order chi connectivity index (χ1) is 17.4. The van der Waals surface area contributed by atoms with E-state index in [4.69, 9.17) is 4.74 Å². The number of amides is 1. The van der Waals surface area contributed by atoms with E-state index in [1.54, 1.807) is 0 Å². The average molecular weight is 525 g/mol. The number of carbonyl (C=O) groups excluding carboxylic acids is 1. The quantitative estimate of drug-likeness (QED) is 0.435. The van der Waals surface area contributed by atoms with E-state index in [1.165, 1.54) is 13.0 Å². The van der Waals surface area contributed by atoms with Crippen molar-refractivity contribution in [2.75, 3.05) is 0 Å². The van der Waals surface area contributed by atoms with Gasteiger partial charge in [0.2, 0.25) is 5.91 Å². The summed E-state index contributed by atoms with van der Waals surface area (Å²) in [5.41, 5.74) is -2.91. The summed E-state index contributed by atoms with van der Waals surface area (Å²) >= 11 is 0. The molecular weight excluding hydrogens is 504 g/mol. The highest BCUT2D eigenvalue weighted by Crippen LogP contribution is 2.38. The van der Waals surface area contributed by atoms with Gasteiger partial charge in [-0.1, -0.05) is 12.1 Å². The van der Waals surface area contributed by atoms with Crippen LogP contribution in [0.5, 0.6) is 0 Å². The fraction of sp³-hybridized carbons (Fsp3) is 0.320. The zero-order valence-corrected chi connectivity index (χ0v) is 19.4. The maximum Gasteiger partial charge on any atom is 0.417 e. The summed E-state index contributed by atoms with van der Waals surface area (Å²) in [7, 11) is 0. The minimum atomic E-state index is -4.92. The van der Waals surface area contributed by atoms with Crippen LogP contribution < -0.4 is 10.9 Å². The van der Waals surface area contributed by atoms with Crippen LogP contribution in [0.3, 0.4) is 0 Å². The number of aromatic amines is 1. The van der Waals surface area contributed by atoms with Gasteiger partial charge in [0.15, 0.2) is 0 Å². The molecule has 1 heterocycles. The van der Waals surface area contributed by atoms with E-state index in [9.17, 15) is 31.5 Å². The lowest BCUT2D eigenvalue weighted by Crippen LogP contribution is -2.42. The number of hydrogen-bond acceptors (Lipinski definition) is 4. The molecule has 1 aromatic heterocycles. The van der Waals surface area contributed by atoms with Gasteiger partial charge < -0.3 is 15.0 Å². The topological polar surface area (TPSA) is 84.1 Å². The Morgan fingerprint density at radius 1 is 1.11 bits per heavy atom. The highest BCUT2D eigenvalue weighted by atomic mass is 19.4. The molecule has 4 rings (SSSR count). The van der Waals surface area contributed by atoms with Crippen molar-refractivity contribution in [3.63, 3.8) is 0 Å². The predicted molar refractivity (Wildman–Crippen MR) is 119 cm³/mol. The Kier molecular flexibility index (Phi) is 7.39. The summed E-state index contributed by atoms with van der Waals surface area (Å²) in [6.07, 6.45) is -4.63. The van der Waals surface area contributed by atoms with Crippen LogP contribution in [0, 0.1) is 30.3 Å². The van der Waals surface area contributed by atoms with Crippen LogP contribution in [0.15, 0.2) is 41.2 Å². The SMILES string of the molecule is Cc1cc(=O)[nH]c(-c2c(C(F)(F)F)ccc(CNC(=O)C3CC(OCc4ccc(F)cc4F)C3)c2F)n1. The minimum Gasteiger partial charge on any atom is -0.373 e. The average Bonchev–Trinajstić information content (AvgIpc) is 2.76. The number of carbonyl (C=O) groups is 1. The zero-order valence-electron chi connectivity index (χ0n) is 19.4. The molecule has 37 heavy (non-hydrogen) atoms. The highest BCUT2D eigenvalue weighted by Gasteiger charge is 2.38. The second-order valence-electron chi connectivity index (χ2n) is 8.75. The lowest BCUT2D eigenvalue weighted by Gasteiger charge is -2.34. The molecule has 2 aromatic carbocycles. The van der Waals surface area contributed by atoms with Gasteiger partial charge in [0.1, 0.15) is 23.3 Å². The van der Waals surface area contributed by atoms with Crippen molar-refractivity contribution in [3.8, 4) is 11.4 Å². The van der Waals surface area contributed by atoms with Crippen LogP contribution in [0.2, 0.25) is 0 Å². The molecule has 6 nitrogen and oxygen atoms in total. The first-order valence-corrected chi connectivity index (χ1v) is 11.2. The van der Waals surface area contributed by atoms with Crippen LogP contribution in [0.25, 0.3) is 11.4 Å². The molecule has 0 aliphatic heterocycles. The molecule has 1 aliphatic carbocycles. The van der Waals surface area contributed by atoms with Crippen LogP contribution in [-0.4, -0.2) is 22.0 Å². The minimum absolute atomic E-state index is 0.0975. The molecule has 0 saturated heterocycles. The van der Waals surface area contributed by atoms with E-state index in [2.05, 4.69) is 15.3 Å². The first-order valence-electron chi connectivity index (χ1n) is 11.2. The molecular formula is C25H21F6N3O3. The van der Waals surface area contributed by atoms with E-state index in [0.29, 0.717) is 18.9 Å². The summed E-state index contributed by atoms with van der Waals surface area (Å²) in [6, 6.07) is 5.77. The number of ether oxygens (including phenoxy) is 1. The van der Waals surface area contributed by atoms with Crippen LogP contribution in [0.1, 0.15) is 35.2 Å². The molecule has 0 unspecified atom stereocenters. The maximum atomic E-state index is 15.3. The third-order valence-corrected chi connectivity index (χ3v) is 6.04. The van der Waals surface area contributed by atoms with Crippen LogP contribution in [0.4, 0.5) is 26.3 Å². The Hall–Kier alpha value is -3.67. The third-order valence-electron chi connectivity index (χ3n) is 6.04. The number of aromatic nitrogens is 2. The molecule has 0 atom stereocenters. The van der Waals surface area contributed by atoms with Crippen molar-refractivity contribution < 1.29 is 35.9 Å². The molecule has 12 heteroatoms. The maximum absolute atomic E-state index is 15.3. The summed E-state index contributed by atoms with van der Waals surface area (Å²) in [4.78, 5) is 30.2. The van der Waals surface area contributed by atoms with Crippen molar-refractivity contribution in [2.45, 2.75) is 45.2 Å². The molecule has 1 aliphatic rings. The van der Waals surface area contributed by atoms with Gasteiger partial charge in [0.05, 0.1) is 23.8 Å². The number of alkyl halides is 3. The van der Waals surface area contributed by atoms with Gasteiger partial charge in [-0.2, -0.15) is 13.2 Å². The standard InChI is InChI=1S/C25H21F6N3O3/c1-12-6-20(35)34-23(33-12)21-18(25(29,30)31)5-3-13(22(21)28)10-32-24(36)15-7-17(8-15)37-11-14-2-4-16(26)9-19(14)27/h2-6,9,15,17H,7-8,10-11H2,1H3,(H,32,36)(H,33,34,35). The second-order valence-corrected chi connectivity index (χ2v) is 8.75. The van der Waals surface area contributed by atoms with E-state index in [1.807, 2.05) is 0 Å². The summed E-state index contributed by atoms with van der Waals surface area (Å²) in [5.74, 6) is -4.21. The van der Waals surface area contributed by atoms with E-state index in [-0.39, 0.29) is 29.5 Å². The number of nitrogens with one attached hydrogen (secondary N) is 2. The molecule has 1 saturated carbocycles. The fourth-order valence-electron chi connectivity index (χ4n) is 4.01. The number of benzene rings is 2. The first kappa shape index (κ1) is 26.4. The van der Waals surface area contributed by atoms with Crippen molar-refractivity contribution in [2.24, 2.45) is 5.92 Å². The molecule has 2 N–H and O–H groups in total. The van der Waals surface area contributed by atoms with Gasteiger partial charge in [-0.3, -0.25) is 9.59 Å². The fourth-order valence-corrected chi connectivity index (χ4v) is 4.01. The number of halogens is 6. The lowest BCUT2D eigenvalue weighted by atomic mass is 9.81. The van der Waals surface area contributed by atoms with Crippen LogP contribution in [-0.2, 0) is 28.9 Å². The normalized spacial score (nSPS) is 17.4. The molecule has 1 amide bonds. The molecule has 0 bridgehead atoms. The smallest absolute Gasteiger partial charge is 0.373 e. The monoisotopic (exact) mass is 525 g/mol. The summed E-state index contributed by atoms with van der Waals surface area (Å²) in [5, 5.41) is 2.50. The number of nitrogens with zero attached hydrogens (tertiary/aromatic N) is 1. The Morgan fingerprint density at radius 3 is 2.46 bits per heavy atom. The van der Waals surface area contributed by atoms with Gasteiger partial charge in [0.25, 0.3) is 5.56 Å². The largest absolute Gasteiger partial charge is 0.417 e. The Balaban J connectivity index is 1.40. The van der Waals surface area contributed by atoms with E-state index >= 15 is 4.39 Å². The lowest BCUT2D eigenvalue weighted by molar-refractivity contribution is -0.137. The van der Waals surface area contributed by atoms with E-state index in [0.717, 1.165) is 24.3 Å². The van der Waals surface area contributed by atoms with Gasteiger partial charge in [-0.05, 0) is 31.9 Å². The van der Waals surface area contributed by atoms with Crippen LogP contribution >= 0.6 is 0 Å². The van der Waals surface area contributed by atoms with Gasteiger partial charge >= 0.3 is 6.18 Å². The molecule has 196 valence electrons. The van der Waals surface area contributed by atoms with E-state index < -0.39 is 64.5 Å². The Morgan fingerprint density at radius 2 is 1.81 bits per heavy atom. The van der Waals surface area contributed by atoms with Crippen molar-refractivity contribution in [1.29, 1.82) is 0 Å². The molecule has 0 radical (unpaired) electrons. The second kappa shape index (κ2) is 10.4. The van der Waals surface area contributed by atoms with Gasteiger partial charge in [-0.25, -0.2) is 18.2 Å². The third kappa shape index (κ3) is 6.01. The molecule has 3 aromatic rings. The Bertz CT molecular complexity index is 1380. The Labute approximate surface area is 206 Å². The number of rotatable bonds is 7. The van der Waals surface area contributed by atoms with Crippen molar-refractivity contribution >= 4 is 5.91 Å². The van der Waals surface area contributed by atoms with Crippen molar-refractivity contribution in [1.82, 2.24) is 15.3 Å². The number of hydrogen-bond donors (Lipinski definition) is 2. The number of H-pyrrole nitrogens is 1. The predicted octanol–water partition coefficient (Wildman–Crippen LogP) is 4.79. The number of aryl methyl sites for hydroxylation is 1.